The molecule has 0 aliphatic carbocycles. The summed E-state index contributed by atoms with van der Waals surface area (Å²) in [4.78, 5) is 20.0. The predicted molar refractivity (Wildman–Crippen MR) is 83.9 cm³/mol. The second kappa shape index (κ2) is 4.97. The van der Waals surface area contributed by atoms with Crippen LogP contribution in [-0.2, 0) is 0 Å². The predicted octanol–water partition coefficient (Wildman–Crippen LogP) is 1.35. The van der Waals surface area contributed by atoms with Gasteiger partial charge in [-0.3, -0.25) is 4.79 Å². The Morgan fingerprint density at radius 1 is 1.24 bits per heavy atom. The highest BCUT2D eigenvalue weighted by atomic mass is 16.1. The van der Waals surface area contributed by atoms with Crippen LogP contribution in [0.5, 0.6) is 0 Å². The van der Waals surface area contributed by atoms with Crippen LogP contribution < -0.4 is 21.3 Å². The van der Waals surface area contributed by atoms with Gasteiger partial charge in [-0.2, -0.15) is 0 Å². The second-order valence-electron chi connectivity index (χ2n) is 5.06. The number of nitrogen functional groups attached to an aromatic ring is 1. The number of anilines is 4. The number of benzene rings is 1. The molecule has 0 fully saturated rings. The Morgan fingerprint density at radius 3 is 2.67 bits per heavy atom. The van der Waals surface area contributed by atoms with E-state index in [0.717, 1.165) is 24.5 Å². The number of carbonyl (C=O) groups is 1. The molecule has 1 aromatic heterocycles. The zero-order valence-electron chi connectivity index (χ0n) is 11.8. The number of carbonyl (C=O) groups excluding carboxylic acids is 1. The normalized spacial score (nSPS) is 14.0. The zero-order chi connectivity index (χ0) is 15.0. The van der Waals surface area contributed by atoms with Gasteiger partial charge in [-0.05, 0) is 18.2 Å². The summed E-state index contributed by atoms with van der Waals surface area (Å²) in [5.41, 5.74) is 13.9. The van der Waals surface area contributed by atoms with E-state index in [1.54, 1.807) is 6.07 Å². The molecule has 1 aliphatic rings. The zero-order valence-corrected chi connectivity index (χ0v) is 11.8. The van der Waals surface area contributed by atoms with Gasteiger partial charge >= 0.3 is 0 Å². The SMILES string of the molecule is CN1CCN(c2cc(C(N)=O)c(N)cn2)c2ccccc21. The lowest BCUT2D eigenvalue weighted by atomic mass is 10.1. The average molecular weight is 283 g/mol. The second-order valence-corrected chi connectivity index (χ2v) is 5.06. The topological polar surface area (TPSA) is 88.5 Å². The number of likely N-dealkylation sites (N-methyl/N-ethyl adjacent to an activating group) is 1. The van der Waals surface area contributed by atoms with Gasteiger partial charge in [0.15, 0.2) is 0 Å². The number of hydrogen-bond donors (Lipinski definition) is 2. The van der Waals surface area contributed by atoms with Gasteiger partial charge in [0, 0.05) is 20.1 Å². The Bertz CT molecular complexity index is 700. The van der Waals surface area contributed by atoms with Crippen LogP contribution in [0.3, 0.4) is 0 Å². The molecule has 21 heavy (non-hydrogen) atoms. The number of amides is 1. The van der Waals surface area contributed by atoms with Gasteiger partial charge < -0.3 is 21.3 Å². The van der Waals surface area contributed by atoms with Crippen LogP contribution in [0, 0.1) is 0 Å². The van der Waals surface area contributed by atoms with Gasteiger partial charge in [-0.15, -0.1) is 0 Å². The highest BCUT2D eigenvalue weighted by Gasteiger charge is 2.22. The summed E-state index contributed by atoms with van der Waals surface area (Å²) in [6.45, 7) is 1.65. The number of nitrogens with two attached hydrogens (primary N) is 2. The number of fused-ring (bicyclic) bond motifs is 1. The van der Waals surface area contributed by atoms with E-state index in [2.05, 4.69) is 27.9 Å². The first kappa shape index (κ1) is 13.2. The molecule has 1 amide bonds. The van der Waals surface area contributed by atoms with E-state index in [1.165, 1.54) is 6.20 Å². The minimum atomic E-state index is -0.543. The van der Waals surface area contributed by atoms with Crippen LogP contribution in [0.4, 0.5) is 22.9 Å². The van der Waals surface area contributed by atoms with Crippen molar-refractivity contribution in [2.45, 2.75) is 0 Å². The lowest BCUT2D eigenvalue weighted by Gasteiger charge is -2.36. The summed E-state index contributed by atoms with van der Waals surface area (Å²) in [5.74, 6) is 0.136. The summed E-state index contributed by atoms with van der Waals surface area (Å²) in [7, 11) is 2.06. The van der Waals surface area contributed by atoms with Gasteiger partial charge in [-0.25, -0.2) is 4.98 Å². The molecule has 2 heterocycles. The molecule has 108 valence electrons. The molecule has 0 saturated carbocycles. The third-order valence-corrected chi connectivity index (χ3v) is 3.71. The Balaban J connectivity index is 2.08. The first-order valence-electron chi connectivity index (χ1n) is 6.71. The highest BCUT2D eigenvalue weighted by molar-refractivity contribution is 5.98. The largest absolute Gasteiger partial charge is 0.397 e. The molecule has 3 rings (SSSR count). The van der Waals surface area contributed by atoms with E-state index in [0.29, 0.717) is 17.1 Å². The number of para-hydroxylation sites is 2. The maximum absolute atomic E-state index is 11.4. The first-order chi connectivity index (χ1) is 10.1. The standard InChI is InChI=1S/C15H17N5O/c1-19-6-7-20(13-5-3-2-4-12(13)19)14-8-10(15(17)21)11(16)9-18-14/h2-5,8-9H,6-7,16H2,1H3,(H2,17,21). The maximum Gasteiger partial charge on any atom is 0.250 e. The molecule has 0 atom stereocenters. The number of aromatic nitrogens is 1. The molecule has 0 unspecified atom stereocenters. The highest BCUT2D eigenvalue weighted by Crippen LogP contribution is 2.36. The van der Waals surface area contributed by atoms with Crippen LogP contribution in [0.1, 0.15) is 10.4 Å². The number of nitrogens with zero attached hydrogens (tertiary/aromatic N) is 3. The molecule has 6 heteroatoms. The smallest absolute Gasteiger partial charge is 0.250 e. The minimum Gasteiger partial charge on any atom is -0.397 e. The van der Waals surface area contributed by atoms with Crippen molar-refractivity contribution >= 4 is 28.8 Å². The Morgan fingerprint density at radius 2 is 1.95 bits per heavy atom. The van der Waals surface area contributed by atoms with Crippen molar-refractivity contribution < 1.29 is 4.79 Å². The molecular formula is C15H17N5O. The maximum atomic E-state index is 11.4. The Kier molecular flexibility index (Phi) is 3.13. The van der Waals surface area contributed by atoms with Crippen LogP contribution in [-0.4, -0.2) is 31.0 Å². The van der Waals surface area contributed by atoms with Gasteiger partial charge in [0.1, 0.15) is 5.82 Å². The van der Waals surface area contributed by atoms with E-state index in [9.17, 15) is 4.79 Å². The molecule has 1 aromatic carbocycles. The third kappa shape index (κ3) is 2.24. The summed E-state index contributed by atoms with van der Waals surface area (Å²) < 4.78 is 0. The van der Waals surface area contributed by atoms with Gasteiger partial charge in [-0.1, -0.05) is 12.1 Å². The monoisotopic (exact) mass is 283 g/mol. The van der Waals surface area contributed by atoms with E-state index < -0.39 is 5.91 Å². The average Bonchev–Trinajstić information content (AvgIpc) is 2.48. The quantitative estimate of drug-likeness (QED) is 0.868. The first-order valence-corrected chi connectivity index (χ1v) is 6.71. The molecule has 0 bridgehead atoms. The van der Waals surface area contributed by atoms with Crippen molar-refractivity contribution in [2.75, 3.05) is 35.7 Å². The van der Waals surface area contributed by atoms with E-state index in [4.69, 9.17) is 11.5 Å². The van der Waals surface area contributed by atoms with Crippen LogP contribution in [0.25, 0.3) is 0 Å². The molecule has 0 radical (unpaired) electrons. The van der Waals surface area contributed by atoms with Crippen molar-refractivity contribution in [3.63, 3.8) is 0 Å². The molecule has 0 saturated heterocycles. The Labute approximate surface area is 123 Å². The van der Waals surface area contributed by atoms with Gasteiger partial charge in [0.2, 0.25) is 0 Å². The summed E-state index contributed by atoms with van der Waals surface area (Å²) in [5, 5.41) is 0. The van der Waals surface area contributed by atoms with Crippen molar-refractivity contribution in [1.29, 1.82) is 0 Å². The third-order valence-electron chi connectivity index (χ3n) is 3.71. The van der Waals surface area contributed by atoms with Crippen molar-refractivity contribution in [3.05, 3.63) is 42.1 Å². The molecule has 4 N–H and O–H groups in total. The molecule has 6 nitrogen and oxygen atoms in total. The van der Waals surface area contributed by atoms with Crippen molar-refractivity contribution in [3.8, 4) is 0 Å². The lowest BCUT2D eigenvalue weighted by Crippen LogP contribution is -2.36. The minimum absolute atomic E-state index is 0.300. The van der Waals surface area contributed by atoms with Gasteiger partial charge in [0.05, 0.1) is 28.8 Å². The number of pyridine rings is 1. The fourth-order valence-electron chi connectivity index (χ4n) is 2.56. The summed E-state index contributed by atoms with van der Waals surface area (Å²) in [6, 6.07) is 9.74. The lowest BCUT2D eigenvalue weighted by molar-refractivity contribution is 0.100. The van der Waals surface area contributed by atoms with E-state index in [-0.39, 0.29) is 0 Å². The number of primary amides is 1. The molecular weight excluding hydrogens is 266 g/mol. The fourth-order valence-corrected chi connectivity index (χ4v) is 2.56. The number of rotatable bonds is 2. The van der Waals surface area contributed by atoms with Crippen LogP contribution in [0.15, 0.2) is 36.5 Å². The molecule has 1 aliphatic heterocycles. The molecule has 2 aromatic rings. The van der Waals surface area contributed by atoms with Gasteiger partial charge in [0.25, 0.3) is 5.91 Å². The van der Waals surface area contributed by atoms with E-state index in [1.807, 2.05) is 18.2 Å². The van der Waals surface area contributed by atoms with Crippen LogP contribution in [0.2, 0.25) is 0 Å². The van der Waals surface area contributed by atoms with Crippen LogP contribution >= 0.6 is 0 Å². The molecule has 0 spiro atoms. The van der Waals surface area contributed by atoms with Crippen molar-refractivity contribution in [1.82, 2.24) is 4.98 Å². The fraction of sp³-hybridized carbons (Fsp3) is 0.200. The summed E-state index contributed by atoms with van der Waals surface area (Å²) in [6.07, 6.45) is 1.48. The Hall–Kier alpha value is -2.76. The summed E-state index contributed by atoms with van der Waals surface area (Å²) >= 11 is 0. The van der Waals surface area contributed by atoms with E-state index >= 15 is 0 Å². The number of hydrogen-bond acceptors (Lipinski definition) is 5. The van der Waals surface area contributed by atoms with Crippen molar-refractivity contribution in [2.24, 2.45) is 5.73 Å².